The summed E-state index contributed by atoms with van der Waals surface area (Å²) in [6.45, 7) is 5.05. The van der Waals surface area contributed by atoms with Crippen LogP contribution >= 0.6 is 24.0 Å². The van der Waals surface area contributed by atoms with Gasteiger partial charge in [-0.15, -0.1) is 24.0 Å². The van der Waals surface area contributed by atoms with Crippen molar-refractivity contribution < 1.29 is 9.53 Å². The highest BCUT2D eigenvalue weighted by atomic mass is 127. The van der Waals surface area contributed by atoms with Gasteiger partial charge in [-0.3, -0.25) is 14.7 Å². The Morgan fingerprint density at radius 2 is 2.00 bits per heavy atom. The SMILES string of the molecule is CCOC1CC(NC(=NC)NC2CCN(CC(N)=O)CC2)C12CCC2.I. The van der Waals surface area contributed by atoms with Crippen LogP contribution in [0.5, 0.6) is 0 Å². The van der Waals surface area contributed by atoms with E-state index in [1.165, 1.54) is 19.3 Å². The molecule has 1 amide bonds. The number of carbonyl (C=O) groups is 1. The minimum Gasteiger partial charge on any atom is -0.378 e. The Kier molecular flexibility index (Phi) is 7.96. The van der Waals surface area contributed by atoms with Gasteiger partial charge in [-0.1, -0.05) is 6.42 Å². The molecule has 1 saturated heterocycles. The van der Waals surface area contributed by atoms with Gasteiger partial charge in [-0.25, -0.2) is 0 Å². The molecule has 7 nitrogen and oxygen atoms in total. The van der Waals surface area contributed by atoms with E-state index in [1.807, 2.05) is 7.05 Å². The van der Waals surface area contributed by atoms with Crippen LogP contribution in [0, 0.1) is 5.41 Å². The quantitative estimate of drug-likeness (QED) is 0.301. The first-order chi connectivity index (χ1) is 12.1. The number of likely N-dealkylation sites (tertiary alicyclic amines) is 1. The zero-order chi connectivity index (χ0) is 17.9. The summed E-state index contributed by atoms with van der Waals surface area (Å²) in [6.07, 6.45) is 7.34. The summed E-state index contributed by atoms with van der Waals surface area (Å²) in [7, 11) is 1.84. The number of aliphatic imine (C=N–C) groups is 1. The number of hydrogen-bond donors (Lipinski definition) is 3. The molecule has 0 aromatic heterocycles. The van der Waals surface area contributed by atoms with Crippen molar-refractivity contribution in [3.05, 3.63) is 0 Å². The molecule has 0 aromatic carbocycles. The number of hydrogen-bond acceptors (Lipinski definition) is 4. The molecule has 3 fully saturated rings. The van der Waals surface area contributed by atoms with Gasteiger partial charge in [0.1, 0.15) is 0 Å². The van der Waals surface area contributed by atoms with E-state index >= 15 is 0 Å². The number of nitrogens with two attached hydrogens (primary N) is 1. The first kappa shape index (κ1) is 21.7. The first-order valence-corrected chi connectivity index (χ1v) is 9.69. The average molecular weight is 479 g/mol. The molecule has 0 bridgehead atoms. The van der Waals surface area contributed by atoms with E-state index in [-0.39, 0.29) is 29.9 Å². The molecule has 2 atom stereocenters. The molecular formula is C18H34IN5O2. The monoisotopic (exact) mass is 479 g/mol. The van der Waals surface area contributed by atoms with E-state index in [1.54, 1.807) is 0 Å². The molecule has 1 aliphatic heterocycles. The van der Waals surface area contributed by atoms with Gasteiger partial charge in [0.2, 0.25) is 5.91 Å². The number of guanidine groups is 1. The number of primary amides is 1. The number of amides is 1. The van der Waals surface area contributed by atoms with Crippen molar-refractivity contribution in [2.45, 2.75) is 63.6 Å². The van der Waals surface area contributed by atoms with Crippen LogP contribution in [-0.4, -0.2) is 68.2 Å². The maximum absolute atomic E-state index is 11.0. The van der Waals surface area contributed by atoms with Gasteiger partial charge in [-0.2, -0.15) is 0 Å². The van der Waals surface area contributed by atoms with Crippen molar-refractivity contribution >= 4 is 35.8 Å². The number of piperidine rings is 1. The fourth-order valence-corrected chi connectivity index (χ4v) is 4.63. The molecule has 1 heterocycles. The van der Waals surface area contributed by atoms with Gasteiger partial charge < -0.3 is 21.1 Å². The van der Waals surface area contributed by atoms with E-state index in [0.29, 0.717) is 30.1 Å². The molecule has 0 radical (unpaired) electrons. The van der Waals surface area contributed by atoms with Crippen LogP contribution in [0.25, 0.3) is 0 Å². The summed E-state index contributed by atoms with van der Waals surface area (Å²) in [5.74, 6) is 0.656. The third kappa shape index (κ3) is 4.62. The van der Waals surface area contributed by atoms with Crippen molar-refractivity contribution in [2.75, 3.05) is 33.3 Å². The summed E-state index contributed by atoms with van der Waals surface area (Å²) in [5.41, 5.74) is 5.61. The molecule has 150 valence electrons. The maximum atomic E-state index is 11.0. The van der Waals surface area contributed by atoms with Gasteiger partial charge in [-0.05, 0) is 39.0 Å². The van der Waals surface area contributed by atoms with Gasteiger partial charge >= 0.3 is 0 Å². The predicted molar refractivity (Wildman–Crippen MR) is 114 cm³/mol. The van der Waals surface area contributed by atoms with E-state index in [9.17, 15) is 4.79 Å². The van der Waals surface area contributed by atoms with Crippen LogP contribution in [0.1, 0.15) is 45.4 Å². The Morgan fingerprint density at radius 1 is 1.31 bits per heavy atom. The summed E-state index contributed by atoms with van der Waals surface area (Å²) < 4.78 is 5.93. The lowest BCUT2D eigenvalue weighted by molar-refractivity contribution is -0.168. The minimum atomic E-state index is -0.247. The Morgan fingerprint density at radius 3 is 2.50 bits per heavy atom. The van der Waals surface area contributed by atoms with Crippen LogP contribution in [0.3, 0.4) is 0 Å². The van der Waals surface area contributed by atoms with Crippen LogP contribution in [0.4, 0.5) is 0 Å². The zero-order valence-corrected chi connectivity index (χ0v) is 18.3. The molecule has 0 aromatic rings. The molecule has 2 aliphatic carbocycles. The zero-order valence-electron chi connectivity index (χ0n) is 16.0. The third-order valence-electron chi connectivity index (χ3n) is 6.28. The summed E-state index contributed by atoms with van der Waals surface area (Å²) in [5, 5.41) is 7.21. The number of carbonyl (C=O) groups excluding carboxylic acids is 1. The van der Waals surface area contributed by atoms with Gasteiger partial charge in [0.05, 0.1) is 12.6 Å². The lowest BCUT2D eigenvalue weighted by Gasteiger charge is -2.61. The molecule has 3 rings (SSSR count). The number of rotatable bonds is 6. The summed E-state index contributed by atoms with van der Waals surface area (Å²) in [4.78, 5) is 17.6. The summed E-state index contributed by atoms with van der Waals surface area (Å²) in [6, 6.07) is 0.870. The van der Waals surface area contributed by atoms with Crippen LogP contribution in [0.2, 0.25) is 0 Å². The number of nitrogens with zero attached hydrogens (tertiary/aromatic N) is 2. The highest BCUT2D eigenvalue weighted by molar-refractivity contribution is 14.0. The van der Waals surface area contributed by atoms with E-state index in [4.69, 9.17) is 10.5 Å². The average Bonchev–Trinajstić information content (AvgIpc) is 2.52. The van der Waals surface area contributed by atoms with Crippen LogP contribution < -0.4 is 16.4 Å². The number of nitrogens with one attached hydrogen (secondary N) is 2. The van der Waals surface area contributed by atoms with Gasteiger partial charge in [0, 0.05) is 44.2 Å². The smallest absolute Gasteiger partial charge is 0.231 e. The van der Waals surface area contributed by atoms with Crippen molar-refractivity contribution in [3.63, 3.8) is 0 Å². The van der Waals surface area contributed by atoms with Crippen LogP contribution in [-0.2, 0) is 9.53 Å². The van der Waals surface area contributed by atoms with E-state index in [2.05, 4.69) is 27.4 Å². The van der Waals surface area contributed by atoms with Gasteiger partial charge in [0.15, 0.2) is 5.96 Å². The normalized spacial score (nSPS) is 28.6. The number of ether oxygens (including phenoxy) is 1. The standard InChI is InChI=1S/C18H33N5O2.HI/c1-3-25-15-11-14(18(15)7-4-8-18)22-17(20-2)21-13-5-9-23(10-6-13)12-16(19)24;/h13-15H,3-12H2,1-2H3,(H2,19,24)(H2,20,21,22);1H. The summed E-state index contributed by atoms with van der Waals surface area (Å²) >= 11 is 0. The predicted octanol–water partition coefficient (Wildman–Crippen LogP) is 1.07. The van der Waals surface area contributed by atoms with Crippen LogP contribution in [0.15, 0.2) is 4.99 Å². The van der Waals surface area contributed by atoms with Crippen molar-refractivity contribution in [1.82, 2.24) is 15.5 Å². The molecule has 2 saturated carbocycles. The fraction of sp³-hybridized carbons (Fsp3) is 0.889. The second-order valence-electron chi connectivity index (χ2n) is 7.70. The molecule has 2 unspecified atom stereocenters. The Hall–Kier alpha value is -0.610. The second-order valence-corrected chi connectivity index (χ2v) is 7.70. The Bertz CT molecular complexity index is 504. The molecule has 4 N–H and O–H groups in total. The highest BCUT2D eigenvalue weighted by Crippen LogP contribution is 2.57. The van der Waals surface area contributed by atoms with Crippen molar-refractivity contribution in [3.8, 4) is 0 Å². The lowest BCUT2D eigenvalue weighted by atomic mass is 9.51. The van der Waals surface area contributed by atoms with E-state index in [0.717, 1.165) is 44.9 Å². The topological polar surface area (TPSA) is 92.0 Å². The Labute approximate surface area is 173 Å². The molecule has 8 heteroatoms. The first-order valence-electron chi connectivity index (χ1n) is 9.69. The van der Waals surface area contributed by atoms with Gasteiger partial charge in [0.25, 0.3) is 0 Å². The molecule has 26 heavy (non-hydrogen) atoms. The molecular weight excluding hydrogens is 445 g/mol. The lowest BCUT2D eigenvalue weighted by Crippen LogP contribution is -2.69. The van der Waals surface area contributed by atoms with Crippen molar-refractivity contribution in [2.24, 2.45) is 16.1 Å². The third-order valence-corrected chi connectivity index (χ3v) is 6.28. The fourth-order valence-electron chi connectivity index (χ4n) is 4.63. The number of halogens is 1. The maximum Gasteiger partial charge on any atom is 0.231 e. The molecule has 3 aliphatic rings. The largest absolute Gasteiger partial charge is 0.378 e. The second kappa shape index (κ2) is 9.54. The molecule has 1 spiro atoms. The Balaban J connectivity index is 0.00000243. The minimum absolute atomic E-state index is 0. The van der Waals surface area contributed by atoms with E-state index < -0.39 is 0 Å². The van der Waals surface area contributed by atoms with Crippen molar-refractivity contribution in [1.29, 1.82) is 0 Å². The highest BCUT2D eigenvalue weighted by Gasteiger charge is 2.59.